The van der Waals surface area contributed by atoms with Gasteiger partial charge in [-0.1, -0.05) is 0 Å². The van der Waals surface area contributed by atoms with Crippen LogP contribution >= 0.6 is 9.95 Å². The van der Waals surface area contributed by atoms with Crippen molar-refractivity contribution in [3.05, 3.63) is 87.3 Å². The quantitative estimate of drug-likeness (QED) is 0.328. The van der Waals surface area contributed by atoms with E-state index < -0.39 is 0 Å². The first-order chi connectivity index (χ1) is 10.0. The van der Waals surface area contributed by atoms with Gasteiger partial charge in [0, 0.05) is 34.1 Å². The minimum absolute atomic E-state index is 0. The van der Waals surface area contributed by atoms with E-state index in [2.05, 4.69) is 36.6 Å². The molecule has 2 rings (SSSR count). The van der Waals surface area contributed by atoms with Crippen LogP contribution in [0.1, 0.15) is 0 Å². The molecule has 0 amide bonds. The van der Waals surface area contributed by atoms with Gasteiger partial charge in [-0.05, 0) is 0 Å². The molecule has 2 aromatic carbocycles. The molecule has 0 aromatic heterocycles. The standard InChI is InChI=1S/2C5H5.4CO.AsCl.2Mn/c2*1-2-4-5-3-1;5*1-2;;/h2*1-5H;;;;;;;/q2*-1;;;;;;;. The van der Waals surface area contributed by atoms with Gasteiger partial charge in [0.15, 0.2) is 0 Å². The smallest absolute Gasteiger partial charge is 0 e. The van der Waals surface area contributed by atoms with Gasteiger partial charge in [0.05, 0.1) is 0 Å². The van der Waals surface area contributed by atoms with Crippen molar-refractivity contribution in [2.45, 2.75) is 0 Å². The van der Waals surface area contributed by atoms with Gasteiger partial charge in [-0.25, -0.2) is 24.3 Å². The fraction of sp³-hybridized carbons (Fsp3) is 0. The first kappa shape index (κ1) is 43.0. The third-order valence-corrected chi connectivity index (χ3v) is 1.11. The Bertz CT molecular complexity index is 286. The molecule has 0 bridgehead atoms. The van der Waals surface area contributed by atoms with E-state index in [4.69, 9.17) is 18.6 Å². The molecule has 0 unspecified atom stereocenters. The summed E-state index contributed by atoms with van der Waals surface area (Å²) in [5, 5.41) is 0. The Balaban J connectivity index is -0.0000000251. The molecular formula is C14H10AsClMn2O4-2. The maximum atomic E-state index is 7.50. The maximum absolute atomic E-state index is 7.50. The number of rotatable bonds is 0. The molecule has 0 N–H and O–H groups in total. The van der Waals surface area contributed by atoms with E-state index in [1.165, 1.54) is 0 Å². The average Bonchev–Trinajstić information content (AvgIpc) is 3.34. The van der Waals surface area contributed by atoms with E-state index in [0.29, 0.717) is 0 Å². The van der Waals surface area contributed by atoms with Crippen molar-refractivity contribution in [3.63, 3.8) is 0 Å². The van der Waals surface area contributed by atoms with Crippen LogP contribution in [0.2, 0.25) is 0 Å². The third kappa shape index (κ3) is 73.8. The first-order valence-corrected chi connectivity index (χ1v) is 6.78. The van der Waals surface area contributed by atoms with Gasteiger partial charge in [-0.2, -0.15) is 36.4 Å². The van der Waals surface area contributed by atoms with E-state index in [9.17, 15) is 0 Å². The van der Waals surface area contributed by atoms with Crippen molar-refractivity contribution in [1.29, 1.82) is 0 Å². The second-order valence-corrected chi connectivity index (χ2v) is 1.92. The second-order valence-electron chi connectivity index (χ2n) is 1.92. The summed E-state index contributed by atoms with van der Waals surface area (Å²) < 4.78 is 30.0. The van der Waals surface area contributed by atoms with Crippen LogP contribution in [-0.2, 0) is 52.7 Å². The van der Waals surface area contributed by atoms with Gasteiger partial charge in [-0.3, -0.25) is 0 Å². The molecule has 22 heavy (non-hydrogen) atoms. The topological polar surface area (TPSA) is 79.6 Å². The summed E-state index contributed by atoms with van der Waals surface area (Å²) in [6.45, 7) is 18.0. The summed E-state index contributed by atoms with van der Waals surface area (Å²) in [7, 11) is 4.58. The van der Waals surface area contributed by atoms with Crippen molar-refractivity contribution >= 4 is 25.9 Å². The van der Waals surface area contributed by atoms with Gasteiger partial charge in [0.25, 0.3) is 0 Å². The van der Waals surface area contributed by atoms with E-state index in [0.717, 1.165) is 0 Å². The van der Waals surface area contributed by atoms with Crippen molar-refractivity contribution in [3.8, 4) is 0 Å². The van der Waals surface area contributed by atoms with Crippen LogP contribution in [0.3, 0.4) is 0 Å². The van der Waals surface area contributed by atoms with E-state index in [1.54, 1.807) is 15.9 Å². The molecule has 0 spiro atoms. The number of hydrogen-bond acceptors (Lipinski definition) is 0. The van der Waals surface area contributed by atoms with E-state index in [1.807, 2.05) is 60.7 Å². The summed E-state index contributed by atoms with van der Waals surface area (Å²) in [4.78, 5) is 0. The maximum Gasteiger partial charge on any atom is 0 e. The minimum Gasteiger partial charge on any atom is -0.214 e. The molecule has 0 atom stereocenters. The zero-order valence-electron chi connectivity index (χ0n) is 11.0. The molecule has 4 nitrogen and oxygen atoms in total. The predicted octanol–water partition coefficient (Wildman–Crippen LogP) is 2.96. The van der Waals surface area contributed by atoms with Gasteiger partial charge >= 0.3 is 71.1 Å². The van der Waals surface area contributed by atoms with Crippen molar-refractivity contribution in [2.24, 2.45) is 0 Å². The molecule has 0 aliphatic rings. The van der Waals surface area contributed by atoms with E-state index in [-0.39, 0.29) is 34.1 Å². The van der Waals surface area contributed by atoms with Gasteiger partial charge in [0.1, 0.15) is 0 Å². The largest absolute Gasteiger partial charge is 0.214 e. The van der Waals surface area contributed by atoms with Crippen LogP contribution < -0.4 is 0 Å². The molecule has 0 saturated heterocycles. The fourth-order valence-electron chi connectivity index (χ4n) is 0.642. The Morgan fingerprint density at radius 3 is 0.727 bits per heavy atom. The average molecular weight is 462 g/mol. The van der Waals surface area contributed by atoms with Crippen molar-refractivity contribution in [2.75, 3.05) is 0 Å². The predicted molar refractivity (Wildman–Crippen MR) is 71.4 cm³/mol. The fourth-order valence-corrected chi connectivity index (χ4v) is 0.642. The summed E-state index contributed by atoms with van der Waals surface area (Å²) >= 11 is 1.78. The zero-order chi connectivity index (χ0) is 17.1. The van der Waals surface area contributed by atoms with Gasteiger partial charge in [-0.15, -0.1) is 0 Å². The Labute approximate surface area is 165 Å². The Morgan fingerprint density at radius 2 is 0.682 bits per heavy atom. The van der Waals surface area contributed by atoms with Crippen LogP contribution in [0.15, 0.2) is 60.7 Å². The van der Waals surface area contributed by atoms with E-state index >= 15 is 0 Å². The molecule has 2 aromatic rings. The molecule has 0 aliphatic heterocycles. The zero-order valence-corrected chi connectivity index (χ0v) is 16.0. The molecule has 118 valence electrons. The Kier molecular flexibility index (Phi) is 168. The summed E-state index contributed by atoms with van der Waals surface area (Å²) in [6, 6.07) is 20.0. The molecular weight excluding hydrogens is 452 g/mol. The minimum atomic E-state index is 0. The summed E-state index contributed by atoms with van der Waals surface area (Å²) in [5.41, 5.74) is 0. The normalized spacial score (nSPS) is 4.27. The SMILES string of the molecule is Cl[As].[C-]#[O+].[C-]#[O+].[C-]#[O+].[C-]#[O+].[Mn].[Mn].c1cc[cH-]c1.c1cc[cH-]c1. The van der Waals surface area contributed by atoms with Crippen LogP contribution in [0.4, 0.5) is 0 Å². The monoisotopic (exact) mass is 462 g/mol. The molecule has 0 heterocycles. The van der Waals surface area contributed by atoms with Crippen LogP contribution in [0.5, 0.6) is 0 Å². The molecule has 0 aliphatic carbocycles. The number of halogens is 1. The van der Waals surface area contributed by atoms with Crippen LogP contribution in [-0.4, -0.2) is 15.9 Å². The van der Waals surface area contributed by atoms with Gasteiger partial charge in [0.2, 0.25) is 0 Å². The molecule has 8 heteroatoms. The van der Waals surface area contributed by atoms with Crippen molar-refractivity contribution < 1.29 is 52.7 Å². The Morgan fingerprint density at radius 1 is 0.545 bits per heavy atom. The summed E-state index contributed by atoms with van der Waals surface area (Å²) in [6.07, 6.45) is 0. The van der Waals surface area contributed by atoms with Crippen LogP contribution in [0.25, 0.3) is 0 Å². The number of hydrogen-bond donors (Lipinski definition) is 0. The molecule has 0 fully saturated rings. The first-order valence-electron chi connectivity index (χ1n) is 4.32. The van der Waals surface area contributed by atoms with Gasteiger partial charge < -0.3 is 0 Å². The molecule has 0 saturated carbocycles. The third-order valence-electron chi connectivity index (χ3n) is 1.11. The summed E-state index contributed by atoms with van der Waals surface area (Å²) in [5.74, 6) is 0. The second kappa shape index (κ2) is 86.1. The van der Waals surface area contributed by atoms with Crippen LogP contribution in [0, 0.1) is 26.6 Å². The Hall–Kier alpha value is -0.453. The van der Waals surface area contributed by atoms with Crippen molar-refractivity contribution in [1.82, 2.24) is 0 Å². The molecule has 4 radical (unpaired) electrons.